The van der Waals surface area contributed by atoms with Crippen LogP contribution < -0.4 is 34.0 Å². The Labute approximate surface area is 346 Å². The highest BCUT2D eigenvalue weighted by molar-refractivity contribution is 5.77. The second-order valence-electron chi connectivity index (χ2n) is 16.9. The van der Waals surface area contributed by atoms with E-state index in [1.165, 1.54) is 180 Å². The quantitative estimate of drug-likeness (QED) is 0.0434. The molecule has 0 heterocycles. The topological polar surface area (TPSA) is 52.6 Å². The van der Waals surface area contributed by atoms with Gasteiger partial charge < -0.3 is 52.4 Å². The fourth-order valence-electron chi connectivity index (χ4n) is 6.85. The maximum atomic E-state index is 12.2. The molecule has 0 N–H and O–H groups in total. The van der Waals surface area contributed by atoms with Gasteiger partial charge in [-0.2, -0.15) is 0 Å². The van der Waals surface area contributed by atoms with Crippen molar-refractivity contribution in [2.45, 2.75) is 206 Å². The minimum Gasteiger partial charge on any atom is -1.00 e. The summed E-state index contributed by atoms with van der Waals surface area (Å²) in [5.41, 5.74) is 0. The van der Waals surface area contributed by atoms with Crippen molar-refractivity contribution in [3.05, 3.63) is 0 Å². The number of halogens is 2. The third-order valence-corrected chi connectivity index (χ3v) is 10.7. The molecule has 0 fully saturated rings. The molecular weight excluding hydrogens is 780 g/mol. The monoisotopic (exact) mass is 869 g/mol. The van der Waals surface area contributed by atoms with E-state index in [0.717, 1.165) is 35.1 Å². The average molecular weight is 871 g/mol. The number of esters is 2. The van der Waals surface area contributed by atoms with E-state index in [4.69, 9.17) is 9.47 Å². The van der Waals surface area contributed by atoms with E-state index >= 15 is 0 Å². The molecule has 0 spiro atoms. The molecule has 0 aromatic rings. The van der Waals surface area contributed by atoms with Gasteiger partial charge in [-0.25, -0.2) is 0 Å². The first-order chi connectivity index (χ1) is 24.1. The van der Waals surface area contributed by atoms with Crippen LogP contribution in [0.3, 0.4) is 0 Å². The molecule has 52 heavy (non-hydrogen) atoms. The molecule has 0 aromatic carbocycles. The minimum absolute atomic E-state index is 0. The first kappa shape index (κ1) is 56.2. The SMILES string of the molecule is CCCCCCCCCCCCCCCC[N+](C)(C)CCOC(=O)CCC(=O)OCC[N+](C)(C)CCCCCCCCCCCCCCCC.[Br-].[Br-]. The van der Waals surface area contributed by atoms with Gasteiger partial charge in [0.2, 0.25) is 0 Å². The van der Waals surface area contributed by atoms with Crippen LogP contribution in [-0.2, 0) is 19.1 Å². The van der Waals surface area contributed by atoms with E-state index < -0.39 is 0 Å². The zero-order valence-electron chi connectivity index (χ0n) is 35.7. The zero-order valence-corrected chi connectivity index (χ0v) is 38.9. The molecule has 0 aromatic heterocycles. The second kappa shape index (κ2) is 40.5. The summed E-state index contributed by atoms with van der Waals surface area (Å²) in [6, 6.07) is 0. The number of carbonyl (C=O) groups is 2. The molecule has 0 unspecified atom stereocenters. The van der Waals surface area contributed by atoms with Crippen molar-refractivity contribution >= 4 is 11.9 Å². The van der Waals surface area contributed by atoms with Gasteiger partial charge >= 0.3 is 11.9 Å². The molecule has 0 rings (SSSR count). The Morgan fingerprint density at radius 3 is 0.788 bits per heavy atom. The van der Waals surface area contributed by atoms with Gasteiger partial charge in [0, 0.05) is 0 Å². The van der Waals surface area contributed by atoms with E-state index in [1.807, 2.05) is 0 Å². The first-order valence-corrected chi connectivity index (χ1v) is 22.1. The van der Waals surface area contributed by atoms with Crippen LogP contribution in [0.5, 0.6) is 0 Å². The van der Waals surface area contributed by atoms with Gasteiger partial charge in [-0.1, -0.05) is 168 Å². The molecule has 6 nitrogen and oxygen atoms in total. The van der Waals surface area contributed by atoms with E-state index in [1.54, 1.807) is 0 Å². The van der Waals surface area contributed by atoms with Crippen molar-refractivity contribution in [1.29, 1.82) is 0 Å². The largest absolute Gasteiger partial charge is 1.00 e. The normalized spacial score (nSPS) is 11.6. The molecule has 0 bridgehead atoms. The molecule has 0 saturated heterocycles. The van der Waals surface area contributed by atoms with Crippen LogP contribution in [0.2, 0.25) is 0 Å². The molecule has 0 aliphatic heterocycles. The molecule has 0 aliphatic carbocycles. The van der Waals surface area contributed by atoms with E-state index in [2.05, 4.69) is 42.0 Å². The van der Waals surface area contributed by atoms with Crippen molar-refractivity contribution in [2.24, 2.45) is 0 Å². The smallest absolute Gasteiger partial charge is 0.306 e. The standard InChI is InChI=1S/C44H90N2O4.2BrH/c1-7-9-11-13-15-17-19-21-23-25-27-29-31-33-37-45(3,4)39-41-49-43(47)35-36-44(48)50-42-40-46(5,6)38-34-32-30-28-26-24-22-20-18-16-14-12-10-8-2;;/h7-42H2,1-6H3;2*1H/q+2;;/p-2. The highest BCUT2D eigenvalue weighted by atomic mass is 79.9. The summed E-state index contributed by atoms with van der Waals surface area (Å²) in [5.74, 6) is -0.597. The predicted molar refractivity (Wildman–Crippen MR) is 215 cm³/mol. The van der Waals surface area contributed by atoms with Gasteiger partial charge in [0.1, 0.15) is 26.3 Å². The lowest BCUT2D eigenvalue weighted by molar-refractivity contribution is -0.890. The summed E-state index contributed by atoms with van der Waals surface area (Å²) in [6.07, 6.45) is 38.7. The minimum atomic E-state index is -0.299. The molecule has 8 heteroatoms. The van der Waals surface area contributed by atoms with Gasteiger partial charge in [0.15, 0.2) is 0 Å². The lowest BCUT2D eigenvalue weighted by Gasteiger charge is -2.29. The number of quaternary nitrogens is 2. The molecule has 0 saturated carbocycles. The Morgan fingerprint density at radius 2 is 0.558 bits per heavy atom. The third-order valence-electron chi connectivity index (χ3n) is 10.7. The van der Waals surface area contributed by atoms with Gasteiger partial charge in [0.05, 0.1) is 54.1 Å². The summed E-state index contributed by atoms with van der Waals surface area (Å²) < 4.78 is 12.6. The number of ether oxygens (including phenoxy) is 2. The van der Waals surface area contributed by atoms with Gasteiger partial charge in [-0.3, -0.25) is 9.59 Å². The van der Waals surface area contributed by atoms with Gasteiger partial charge in [0.25, 0.3) is 0 Å². The zero-order chi connectivity index (χ0) is 37.0. The molecule has 0 aliphatic rings. The fourth-order valence-corrected chi connectivity index (χ4v) is 6.85. The van der Waals surface area contributed by atoms with Crippen LogP contribution in [-0.4, -0.2) is 88.5 Å². The number of carbonyl (C=O) groups excluding carboxylic acids is 2. The number of hydrogen-bond acceptors (Lipinski definition) is 4. The Balaban J connectivity index is -0.0000120. The van der Waals surface area contributed by atoms with Crippen LogP contribution in [0.1, 0.15) is 206 Å². The Morgan fingerprint density at radius 1 is 0.346 bits per heavy atom. The van der Waals surface area contributed by atoms with Crippen molar-refractivity contribution in [3.63, 3.8) is 0 Å². The molecular formula is C44H90Br2N2O4. The van der Waals surface area contributed by atoms with Crippen molar-refractivity contribution in [2.75, 3.05) is 67.6 Å². The lowest BCUT2D eigenvalue weighted by Crippen LogP contribution is -3.00. The Hall–Kier alpha value is -0.180. The molecule has 314 valence electrons. The number of unbranched alkanes of at least 4 members (excludes halogenated alkanes) is 26. The maximum Gasteiger partial charge on any atom is 0.306 e. The first-order valence-electron chi connectivity index (χ1n) is 22.1. The Bertz CT molecular complexity index is 705. The Kier molecular flexibility index (Phi) is 43.7. The maximum absolute atomic E-state index is 12.2. The van der Waals surface area contributed by atoms with E-state index in [-0.39, 0.29) is 58.7 Å². The predicted octanol–water partition coefficient (Wildman–Crippen LogP) is 5.98. The van der Waals surface area contributed by atoms with Gasteiger partial charge in [-0.05, 0) is 25.7 Å². The summed E-state index contributed by atoms with van der Waals surface area (Å²) in [7, 11) is 8.86. The lowest BCUT2D eigenvalue weighted by atomic mass is 10.0. The summed E-state index contributed by atoms with van der Waals surface area (Å²) >= 11 is 0. The van der Waals surface area contributed by atoms with Crippen LogP contribution >= 0.6 is 0 Å². The second-order valence-corrected chi connectivity index (χ2v) is 16.9. The van der Waals surface area contributed by atoms with Crippen molar-refractivity contribution in [1.82, 2.24) is 0 Å². The number of hydrogen-bond donors (Lipinski definition) is 0. The van der Waals surface area contributed by atoms with Crippen molar-refractivity contribution < 1.29 is 62.0 Å². The molecule has 0 atom stereocenters. The van der Waals surface area contributed by atoms with Crippen LogP contribution in [0.25, 0.3) is 0 Å². The highest BCUT2D eigenvalue weighted by Gasteiger charge is 2.18. The fraction of sp³-hybridized carbons (Fsp3) is 0.955. The number of nitrogens with zero attached hydrogens (tertiary/aromatic N) is 2. The highest BCUT2D eigenvalue weighted by Crippen LogP contribution is 2.15. The van der Waals surface area contributed by atoms with Gasteiger partial charge in [-0.15, -0.1) is 0 Å². The van der Waals surface area contributed by atoms with Crippen LogP contribution in [0.4, 0.5) is 0 Å². The third kappa shape index (κ3) is 42.6. The summed E-state index contributed by atoms with van der Waals surface area (Å²) in [6.45, 7) is 9.21. The average Bonchev–Trinajstić information content (AvgIpc) is 3.07. The number of rotatable bonds is 39. The van der Waals surface area contributed by atoms with Crippen molar-refractivity contribution in [3.8, 4) is 0 Å². The van der Waals surface area contributed by atoms with Crippen LogP contribution in [0, 0.1) is 0 Å². The molecule has 0 amide bonds. The number of likely N-dealkylation sites (N-methyl/N-ethyl adjacent to an activating group) is 2. The summed E-state index contributed by atoms with van der Waals surface area (Å²) in [5, 5.41) is 0. The summed E-state index contributed by atoms with van der Waals surface area (Å²) in [4.78, 5) is 24.5. The van der Waals surface area contributed by atoms with Crippen LogP contribution in [0.15, 0.2) is 0 Å². The van der Waals surface area contributed by atoms with E-state index in [0.29, 0.717) is 13.2 Å². The molecule has 0 radical (unpaired) electrons. The van der Waals surface area contributed by atoms with E-state index in [9.17, 15) is 9.59 Å².